The van der Waals surface area contributed by atoms with Crippen molar-refractivity contribution in [3.05, 3.63) is 29.8 Å². The molecule has 2 heterocycles. The Kier molecular flexibility index (Phi) is 4.52. The van der Waals surface area contributed by atoms with Crippen LogP contribution in [0.4, 0.5) is 10.5 Å². The Morgan fingerprint density at radius 3 is 2.65 bits per heavy atom. The third-order valence-corrected chi connectivity index (χ3v) is 4.77. The van der Waals surface area contributed by atoms with Crippen LogP contribution in [0.1, 0.15) is 30.1 Å². The monoisotopic (exact) mass is 316 g/mol. The number of rotatable bonds is 3. The number of carbonyl (C=O) groups is 2. The van der Waals surface area contributed by atoms with Crippen LogP contribution in [0.2, 0.25) is 0 Å². The second kappa shape index (κ2) is 6.58. The molecule has 2 aliphatic rings. The first-order chi connectivity index (χ1) is 11.1. The molecule has 6 nitrogen and oxygen atoms in total. The van der Waals surface area contributed by atoms with Crippen LogP contribution in [0.15, 0.2) is 24.3 Å². The summed E-state index contributed by atoms with van der Waals surface area (Å²) < 4.78 is 0. The van der Waals surface area contributed by atoms with Gasteiger partial charge in [0.1, 0.15) is 0 Å². The number of anilines is 1. The molecule has 2 aliphatic heterocycles. The minimum Gasteiger partial charge on any atom is -0.338 e. The van der Waals surface area contributed by atoms with Gasteiger partial charge in [-0.3, -0.25) is 9.69 Å². The van der Waals surface area contributed by atoms with E-state index >= 15 is 0 Å². The molecule has 1 aromatic rings. The van der Waals surface area contributed by atoms with Crippen molar-refractivity contribution in [2.45, 2.75) is 25.8 Å². The quantitative estimate of drug-likeness (QED) is 0.885. The Morgan fingerprint density at radius 2 is 2.04 bits per heavy atom. The molecule has 124 valence electrons. The lowest BCUT2D eigenvalue weighted by Crippen LogP contribution is -2.45. The van der Waals surface area contributed by atoms with Crippen molar-refractivity contribution in [3.63, 3.8) is 0 Å². The van der Waals surface area contributed by atoms with Gasteiger partial charge < -0.3 is 16.0 Å². The molecule has 0 aromatic heterocycles. The molecule has 2 unspecified atom stereocenters. The molecule has 2 atom stereocenters. The maximum absolute atomic E-state index is 12.7. The molecule has 2 fully saturated rings. The van der Waals surface area contributed by atoms with E-state index in [1.165, 1.54) is 0 Å². The number of amides is 3. The van der Waals surface area contributed by atoms with E-state index in [-0.39, 0.29) is 18.0 Å². The number of carbonyl (C=O) groups excluding carboxylic acids is 2. The predicted molar refractivity (Wildman–Crippen MR) is 89.5 cm³/mol. The number of benzene rings is 1. The van der Waals surface area contributed by atoms with E-state index in [1.807, 2.05) is 24.0 Å². The van der Waals surface area contributed by atoms with Gasteiger partial charge in [0.05, 0.1) is 0 Å². The number of hydrogen-bond donors (Lipinski definition) is 2. The third kappa shape index (κ3) is 3.32. The Morgan fingerprint density at radius 1 is 1.30 bits per heavy atom. The van der Waals surface area contributed by atoms with E-state index in [4.69, 9.17) is 5.73 Å². The fourth-order valence-electron chi connectivity index (χ4n) is 3.31. The summed E-state index contributed by atoms with van der Waals surface area (Å²) in [5.74, 6) is 0.424. The minimum absolute atomic E-state index is 0.0489. The number of urea groups is 1. The Hall–Kier alpha value is -2.08. The van der Waals surface area contributed by atoms with Crippen LogP contribution >= 0.6 is 0 Å². The van der Waals surface area contributed by atoms with E-state index in [0.29, 0.717) is 24.6 Å². The Balaban J connectivity index is 1.69. The molecule has 3 rings (SSSR count). The van der Waals surface area contributed by atoms with Crippen LogP contribution in [0, 0.1) is 5.92 Å². The van der Waals surface area contributed by atoms with Crippen molar-refractivity contribution in [2.24, 2.45) is 11.7 Å². The number of nitrogens with one attached hydrogen (secondary N) is 1. The van der Waals surface area contributed by atoms with Gasteiger partial charge in [0.15, 0.2) is 0 Å². The van der Waals surface area contributed by atoms with Crippen LogP contribution in [-0.4, -0.2) is 49.1 Å². The van der Waals surface area contributed by atoms with Gasteiger partial charge in [-0.15, -0.1) is 0 Å². The molecule has 23 heavy (non-hydrogen) atoms. The predicted octanol–water partition coefficient (Wildman–Crippen LogP) is 1.42. The number of hydrogen-bond acceptors (Lipinski definition) is 3. The summed E-state index contributed by atoms with van der Waals surface area (Å²) in [4.78, 5) is 27.9. The van der Waals surface area contributed by atoms with E-state index in [1.54, 1.807) is 17.0 Å². The highest BCUT2D eigenvalue weighted by Gasteiger charge is 2.27. The summed E-state index contributed by atoms with van der Waals surface area (Å²) in [6, 6.07) is 7.31. The van der Waals surface area contributed by atoms with Crippen molar-refractivity contribution >= 4 is 17.6 Å². The van der Waals surface area contributed by atoms with Crippen molar-refractivity contribution in [1.82, 2.24) is 10.2 Å². The van der Waals surface area contributed by atoms with Crippen LogP contribution in [0.5, 0.6) is 0 Å². The van der Waals surface area contributed by atoms with Gasteiger partial charge in [0.25, 0.3) is 5.91 Å². The zero-order valence-corrected chi connectivity index (χ0v) is 13.5. The van der Waals surface area contributed by atoms with Crippen LogP contribution in [-0.2, 0) is 0 Å². The van der Waals surface area contributed by atoms with Crippen LogP contribution in [0.25, 0.3) is 0 Å². The second-order valence-corrected chi connectivity index (χ2v) is 6.44. The summed E-state index contributed by atoms with van der Waals surface area (Å²) in [5.41, 5.74) is 7.48. The Labute approximate surface area is 136 Å². The molecule has 2 saturated heterocycles. The van der Waals surface area contributed by atoms with Gasteiger partial charge in [-0.05, 0) is 49.9 Å². The molecule has 6 heteroatoms. The summed E-state index contributed by atoms with van der Waals surface area (Å²) >= 11 is 0. The van der Waals surface area contributed by atoms with Gasteiger partial charge in [-0.1, -0.05) is 0 Å². The fourth-order valence-corrected chi connectivity index (χ4v) is 3.31. The lowest BCUT2D eigenvalue weighted by molar-refractivity contribution is 0.0661. The highest BCUT2D eigenvalue weighted by Crippen LogP contribution is 2.22. The van der Waals surface area contributed by atoms with Gasteiger partial charge in [0.2, 0.25) is 0 Å². The number of nitrogens with two attached hydrogens (primary N) is 1. The maximum atomic E-state index is 12.7. The van der Waals surface area contributed by atoms with Gasteiger partial charge in [0, 0.05) is 43.5 Å². The van der Waals surface area contributed by atoms with Crippen LogP contribution in [0.3, 0.4) is 0 Å². The smallest absolute Gasteiger partial charge is 0.321 e. The first-order valence-electron chi connectivity index (χ1n) is 8.26. The molecule has 0 bridgehead atoms. The first kappa shape index (κ1) is 15.8. The highest BCUT2D eigenvalue weighted by atomic mass is 16.2. The molecule has 0 aliphatic carbocycles. The highest BCUT2D eigenvalue weighted by molar-refractivity contribution is 5.97. The van der Waals surface area contributed by atoms with Gasteiger partial charge in [-0.2, -0.15) is 0 Å². The summed E-state index contributed by atoms with van der Waals surface area (Å²) in [6.45, 7) is 4.85. The van der Waals surface area contributed by atoms with E-state index < -0.39 is 0 Å². The lowest BCUT2D eigenvalue weighted by atomic mass is 9.92. The van der Waals surface area contributed by atoms with Crippen molar-refractivity contribution in [1.29, 1.82) is 0 Å². The zero-order chi connectivity index (χ0) is 16.4. The number of piperidine rings is 1. The van der Waals surface area contributed by atoms with E-state index in [2.05, 4.69) is 5.32 Å². The van der Waals surface area contributed by atoms with Gasteiger partial charge in [-0.25, -0.2) is 4.79 Å². The molecule has 0 radical (unpaired) electrons. The summed E-state index contributed by atoms with van der Waals surface area (Å²) in [5, 5.41) is 2.77. The average molecular weight is 316 g/mol. The Bertz CT molecular complexity index is 585. The molecular formula is C17H24N4O2. The fraction of sp³-hybridized carbons (Fsp3) is 0.529. The van der Waals surface area contributed by atoms with Crippen molar-refractivity contribution in [3.8, 4) is 0 Å². The normalized spacial score (nSPS) is 22.9. The first-order valence-corrected chi connectivity index (χ1v) is 8.26. The summed E-state index contributed by atoms with van der Waals surface area (Å²) in [7, 11) is 0. The molecule has 0 saturated carbocycles. The molecular weight excluding hydrogens is 292 g/mol. The lowest BCUT2D eigenvalue weighted by Gasteiger charge is -2.34. The van der Waals surface area contributed by atoms with Crippen LogP contribution < -0.4 is 16.0 Å². The molecule has 1 aromatic carbocycles. The largest absolute Gasteiger partial charge is 0.338 e. The second-order valence-electron chi connectivity index (χ2n) is 6.44. The molecule has 3 N–H and O–H groups in total. The molecule has 0 spiro atoms. The van der Waals surface area contributed by atoms with E-state index in [0.717, 1.165) is 31.6 Å². The topological polar surface area (TPSA) is 78.7 Å². The maximum Gasteiger partial charge on any atom is 0.321 e. The third-order valence-electron chi connectivity index (χ3n) is 4.77. The van der Waals surface area contributed by atoms with Crippen molar-refractivity contribution in [2.75, 3.05) is 31.1 Å². The minimum atomic E-state index is -0.0834. The summed E-state index contributed by atoms with van der Waals surface area (Å²) in [6.07, 6.45) is 2.09. The van der Waals surface area contributed by atoms with E-state index in [9.17, 15) is 9.59 Å². The zero-order valence-electron chi connectivity index (χ0n) is 13.5. The standard InChI is InChI=1S/C17H24N4O2/c1-12(18)14-3-2-9-20(11-14)16(22)13-4-6-15(7-5-13)21-10-8-19-17(21)23/h4-7,12,14H,2-3,8-11,18H2,1H3,(H,19,23). The molecule has 3 amide bonds. The average Bonchev–Trinajstić information content (AvgIpc) is 3.00. The number of nitrogens with zero attached hydrogens (tertiary/aromatic N) is 2. The number of likely N-dealkylation sites (tertiary alicyclic amines) is 1. The SMILES string of the molecule is CC(N)C1CCCN(C(=O)c2ccc(N3CCNC3=O)cc2)C1. The van der Waals surface area contributed by atoms with Gasteiger partial charge >= 0.3 is 6.03 Å². The van der Waals surface area contributed by atoms with Crippen molar-refractivity contribution < 1.29 is 9.59 Å².